The zero-order valence-corrected chi connectivity index (χ0v) is 38.4. The Kier molecular flexibility index (Phi) is 13.5. The zero-order chi connectivity index (χ0) is 47.4. The number of nitrogens with one attached hydrogen (secondary N) is 2. The van der Waals surface area contributed by atoms with Gasteiger partial charge in [0.25, 0.3) is 0 Å². The molecule has 8 aromatic rings. The fraction of sp³-hybridized carbons (Fsp3) is 0.296. The summed E-state index contributed by atoms with van der Waals surface area (Å²) in [5.41, 5.74) is 6.79. The molecule has 0 heterocycles. The van der Waals surface area contributed by atoms with Gasteiger partial charge in [-0.25, -0.2) is 0 Å². The summed E-state index contributed by atoms with van der Waals surface area (Å²) >= 11 is 0. The fourth-order valence-corrected chi connectivity index (χ4v) is 9.19. The first-order valence-electron chi connectivity index (χ1n) is 22.7. The van der Waals surface area contributed by atoms with Crippen molar-refractivity contribution in [1.29, 1.82) is 0 Å². The molecule has 5 amide bonds. The van der Waals surface area contributed by atoms with Crippen LogP contribution in [0.1, 0.15) is 38.8 Å². The number of ether oxygens (including phenoxy) is 1. The quantitative estimate of drug-likeness (QED) is 0.0665. The van der Waals surface area contributed by atoms with Gasteiger partial charge in [-0.3, -0.25) is 28.8 Å². The van der Waals surface area contributed by atoms with E-state index in [9.17, 15) is 28.8 Å². The maximum Gasteiger partial charge on any atom is 0.326 e. The third-order valence-corrected chi connectivity index (χ3v) is 12.3. The summed E-state index contributed by atoms with van der Waals surface area (Å²) < 4.78 is 5.56. The van der Waals surface area contributed by atoms with Crippen LogP contribution >= 0.6 is 0 Å². The molecule has 8 aromatic carbocycles. The minimum atomic E-state index is -0.768. The lowest BCUT2D eigenvalue weighted by Gasteiger charge is -2.26. The van der Waals surface area contributed by atoms with Crippen LogP contribution in [0.4, 0.5) is 0 Å². The van der Waals surface area contributed by atoms with E-state index in [4.69, 9.17) is 10.5 Å². The summed E-state index contributed by atoms with van der Waals surface area (Å²) in [4.78, 5) is 83.9. The Bertz CT molecular complexity index is 3130. The minimum Gasteiger partial charge on any atom is -0.459 e. The molecule has 0 aliphatic heterocycles. The van der Waals surface area contributed by atoms with Crippen LogP contribution in [0, 0.1) is 0 Å². The average molecular weight is 901 g/mol. The van der Waals surface area contributed by atoms with Crippen molar-refractivity contribution in [2.45, 2.75) is 46.1 Å². The molecular formula is C54H56N6O7. The highest BCUT2D eigenvalue weighted by Crippen LogP contribution is 2.37. The zero-order valence-electron chi connectivity index (χ0n) is 38.4. The normalized spacial score (nSPS) is 11.8. The Morgan fingerprint density at radius 3 is 1.33 bits per heavy atom. The maximum absolute atomic E-state index is 14.0. The molecule has 0 unspecified atom stereocenters. The summed E-state index contributed by atoms with van der Waals surface area (Å²) in [6.07, 6.45) is 0.108. The van der Waals surface area contributed by atoms with Crippen LogP contribution in [0.2, 0.25) is 0 Å². The van der Waals surface area contributed by atoms with Gasteiger partial charge in [-0.2, -0.15) is 0 Å². The molecule has 0 radical (unpaired) electrons. The number of hydrogen-bond donors (Lipinski definition) is 3. The van der Waals surface area contributed by atoms with Crippen molar-refractivity contribution in [2.24, 2.45) is 5.73 Å². The second-order valence-corrected chi connectivity index (χ2v) is 18.2. The monoisotopic (exact) mass is 900 g/mol. The standard InChI is InChI=1S/C54H56N6O7/c1-34(61)58(27-24-56-46(63)32-59(26-23-55)47(64)29-41-17-15-39-13-11-35-7-5-9-37-19-21-43(41)52(39)50(35)37)31-45(62)57-25-28-60(33-49(66)67-54(2,3)4)48(65)30-42-18-16-40-14-12-36-8-6-10-38-20-22-44(42)53(40)51(36)38/h5-22H,23-33,55H2,1-4H3,(H,56,63)(H,57,62). The largest absolute Gasteiger partial charge is 0.459 e. The SMILES string of the molecule is CC(=O)N(CCNC(=O)CN(CCN)C(=O)Cc1ccc2ccc3cccc4ccc1c2c34)CC(=O)NCCN(CC(=O)OC(C)(C)C)C(=O)Cc1ccc2ccc3cccc4ccc1c2c34. The number of nitrogens with two attached hydrogens (primary N) is 1. The highest BCUT2D eigenvalue weighted by Gasteiger charge is 2.25. The molecular weight excluding hydrogens is 845 g/mol. The van der Waals surface area contributed by atoms with Crippen LogP contribution in [-0.4, -0.2) is 115 Å². The number of amides is 5. The molecule has 8 rings (SSSR count). The summed E-state index contributed by atoms with van der Waals surface area (Å²) in [7, 11) is 0. The Morgan fingerprint density at radius 2 is 0.896 bits per heavy atom. The van der Waals surface area contributed by atoms with Crippen molar-refractivity contribution in [3.8, 4) is 0 Å². The molecule has 0 saturated carbocycles. The van der Waals surface area contributed by atoms with Crippen molar-refractivity contribution < 1.29 is 33.5 Å². The lowest BCUT2D eigenvalue weighted by atomic mass is 9.91. The van der Waals surface area contributed by atoms with E-state index >= 15 is 0 Å². The smallest absolute Gasteiger partial charge is 0.326 e. The van der Waals surface area contributed by atoms with Crippen LogP contribution in [0.3, 0.4) is 0 Å². The van der Waals surface area contributed by atoms with Gasteiger partial charge in [0.2, 0.25) is 29.5 Å². The molecule has 4 N–H and O–H groups in total. The number of carbonyl (C=O) groups is 6. The first-order chi connectivity index (χ1) is 32.2. The van der Waals surface area contributed by atoms with E-state index < -0.39 is 23.4 Å². The van der Waals surface area contributed by atoms with Crippen molar-refractivity contribution in [3.05, 3.63) is 120 Å². The number of esters is 1. The van der Waals surface area contributed by atoms with Gasteiger partial charge < -0.3 is 35.8 Å². The molecule has 0 aliphatic rings. The number of benzene rings is 8. The van der Waals surface area contributed by atoms with Crippen LogP contribution in [0.25, 0.3) is 64.6 Å². The van der Waals surface area contributed by atoms with Crippen LogP contribution < -0.4 is 16.4 Å². The Hall–Kier alpha value is -7.38. The van der Waals surface area contributed by atoms with Crippen LogP contribution in [0.15, 0.2) is 109 Å². The Labute approximate surface area is 388 Å². The number of carbonyl (C=O) groups excluding carboxylic acids is 6. The molecule has 0 saturated heterocycles. The van der Waals surface area contributed by atoms with Gasteiger partial charge in [-0.15, -0.1) is 0 Å². The van der Waals surface area contributed by atoms with Crippen LogP contribution in [0.5, 0.6) is 0 Å². The van der Waals surface area contributed by atoms with Gasteiger partial charge in [0.05, 0.1) is 25.9 Å². The Balaban J connectivity index is 0.850. The lowest BCUT2D eigenvalue weighted by molar-refractivity contribution is -0.158. The molecule has 0 aliphatic carbocycles. The summed E-state index contributed by atoms with van der Waals surface area (Å²) in [5, 5.41) is 18.6. The molecule has 13 nitrogen and oxygen atoms in total. The summed E-state index contributed by atoms with van der Waals surface area (Å²) in [6.45, 7) is 6.18. The molecule has 0 atom stereocenters. The summed E-state index contributed by atoms with van der Waals surface area (Å²) in [5.74, 6) is -2.42. The van der Waals surface area contributed by atoms with Gasteiger partial charge in [-0.05, 0) is 96.5 Å². The average Bonchev–Trinajstić information content (AvgIpc) is 3.29. The van der Waals surface area contributed by atoms with Gasteiger partial charge >= 0.3 is 5.97 Å². The molecule has 0 spiro atoms. The van der Waals surface area contributed by atoms with E-state index in [0.29, 0.717) is 0 Å². The third-order valence-electron chi connectivity index (χ3n) is 12.3. The molecule has 0 bridgehead atoms. The maximum atomic E-state index is 14.0. The first-order valence-corrected chi connectivity index (χ1v) is 22.7. The van der Waals surface area contributed by atoms with E-state index in [1.54, 1.807) is 20.8 Å². The predicted octanol–water partition coefficient (Wildman–Crippen LogP) is 6.31. The molecule has 0 fully saturated rings. The second kappa shape index (κ2) is 19.6. The van der Waals surface area contributed by atoms with E-state index in [2.05, 4.69) is 71.3 Å². The second-order valence-electron chi connectivity index (χ2n) is 18.2. The van der Waals surface area contributed by atoms with Gasteiger partial charge in [0.15, 0.2) is 0 Å². The van der Waals surface area contributed by atoms with Gasteiger partial charge in [0.1, 0.15) is 12.1 Å². The van der Waals surface area contributed by atoms with E-state index in [1.165, 1.54) is 21.6 Å². The van der Waals surface area contributed by atoms with Gasteiger partial charge in [0, 0.05) is 46.2 Å². The van der Waals surface area contributed by atoms with Crippen molar-refractivity contribution in [2.75, 3.05) is 58.9 Å². The summed E-state index contributed by atoms with van der Waals surface area (Å²) in [6, 6.07) is 36.9. The molecule has 13 heteroatoms. The van der Waals surface area contributed by atoms with Crippen molar-refractivity contribution in [3.63, 3.8) is 0 Å². The number of nitrogens with zero attached hydrogens (tertiary/aromatic N) is 3. The number of rotatable bonds is 18. The van der Waals surface area contributed by atoms with E-state index in [1.807, 2.05) is 48.5 Å². The highest BCUT2D eigenvalue weighted by molar-refractivity contribution is 6.25. The lowest BCUT2D eigenvalue weighted by Crippen LogP contribution is -2.47. The van der Waals surface area contributed by atoms with E-state index in [0.717, 1.165) is 75.8 Å². The molecule has 67 heavy (non-hydrogen) atoms. The van der Waals surface area contributed by atoms with Crippen LogP contribution in [-0.2, 0) is 46.3 Å². The first kappa shape index (κ1) is 46.2. The fourth-order valence-electron chi connectivity index (χ4n) is 9.19. The third kappa shape index (κ3) is 10.4. The van der Waals surface area contributed by atoms with E-state index in [-0.39, 0.29) is 89.5 Å². The van der Waals surface area contributed by atoms with Gasteiger partial charge in [-0.1, -0.05) is 109 Å². The van der Waals surface area contributed by atoms with Crippen molar-refractivity contribution in [1.82, 2.24) is 25.3 Å². The molecule has 344 valence electrons. The number of hydrogen-bond acceptors (Lipinski definition) is 8. The minimum absolute atomic E-state index is 0.00789. The molecule has 0 aromatic heterocycles. The topological polar surface area (TPSA) is 171 Å². The van der Waals surface area contributed by atoms with Crippen molar-refractivity contribution >= 4 is 100 Å². The highest BCUT2D eigenvalue weighted by atomic mass is 16.6. The Morgan fingerprint density at radius 1 is 0.507 bits per heavy atom. The predicted molar refractivity (Wildman–Crippen MR) is 264 cm³/mol.